The number of hydrogen-bond donors (Lipinski definition) is 1. The van der Waals surface area contributed by atoms with Gasteiger partial charge < -0.3 is 10.1 Å². The van der Waals surface area contributed by atoms with Gasteiger partial charge in [-0.05, 0) is 18.2 Å². The van der Waals surface area contributed by atoms with E-state index >= 15 is 0 Å². The average Bonchev–Trinajstić information content (AvgIpc) is 2.28. The van der Waals surface area contributed by atoms with Gasteiger partial charge in [-0.3, -0.25) is 0 Å². The summed E-state index contributed by atoms with van der Waals surface area (Å²) in [6, 6.07) is 3.39. The number of methoxy groups -OCH3 is 1. The van der Waals surface area contributed by atoms with Gasteiger partial charge in [-0.2, -0.15) is 0 Å². The standard InChI is InChI=1S/C12H15F2NO/c1-16-8-7-15-6-2-3-10-9-11(13)4-5-12(10)14/h2-5,9,15H,6-8H2,1H3. The van der Waals surface area contributed by atoms with E-state index in [2.05, 4.69) is 5.32 Å². The van der Waals surface area contributed by atoms with Crippen molar-refractivity contribution in [2.24, 2.45) is 0 Å². The van der Waals surface area contributed by atoms with Gasteiger partial charge in [-0.25, -0.2) is 8.78 Å². The van der Waals surface area contributed by atoms with E-state index in [4.69, 9.17) is 4.74 Å². The highest BCUT2D eigenvalue weighted by Gasteiger charge is 1.99. The van der Waals surface area contributed by atoms with Gasteiger partial charge >= 0.3 is 0 Å². The Morgan fingerprint density at radius 3 is 2.94 bits per heavy atom. The largest absolute Gasteiger partial charge is 0.383 e. The third kappa shape index (κ3) is 4.51. The van der Waals surface area contributed by atoms with Crippen molar-refractivity contribution in [2.75, 3.05) is 26.8 Å². The average molecular weight is 227 g/mol. The van der Waals surface area contributed by atoms with Crippen LogP contribution in [0.3, 0.4) is 0 Å². The van der Waals surface area contributed by atoms with Crippen molar-refractivity contribution < 1.29 is 13.5 Å². The van der Waals surface area contributed by atoms with Gasteiger partial charge in [-0.1, -0.05) is 12.2 Å². The van der Waals surface area contributed by atoms with Gasteiger partial charge in [0.25, 0.3) is 0 Å². The van der Waals surface area contributed by atoms with Crippen LogP contribution in [0.1, 0.15) is 5.56 Å². The first-order valence-electron chi connectivity index (χ1n) is 5.05. The zero-order chi connectivity index (χ0) is 11.8. The highest BCUT2D eigenvalue weighted by molar-refractivity contribution is 5.50. The molecule has 16 heavy (non-hydrogen) atoms. The molecule has 0 atom stereocenters. The van der Waals surface area contributed by atoms with Crippen molar-refractivity contribution >= 4 is 6.08 Å². The molecule has 1 aromatic rings. The Morgan fingerprint density at radius 2 is 2.19 bits per heavy atom. The van der Waals surface area contributed by atoms with Crippen LogP contribution in [-0.2, 0) is 4.74 Å². The fourth-order valence-electron chi connectivity index (χ4n) is 1.19. The monoisotopic (exact) mass is 227 g/mol. The molecular weight excluding hydrogens is 212 g/mol. The molecule has 0 aromatic heterocycles. The van der Waals surface area contributed by atoms with E-state index in [1.807, 2.05) is 0 Å². The summed E-state index contributed by atoms with van der Waals surface area (Å²) in [7, 11) is 1.62. The Balaban J connectivity index is 2.40. The summed E-state index contributed by atoms with van der Waals surface area (Å²) in [5.74, 6) is -0.858. The molecule has 1 N–H and O–H groups in total. The lowest BCUT2D eigenvalue weighted by molar-refractivity contribution is 0.200. The van der Waals surface area contributed by atoms with Crippen LogP contribution in [0.15, 0.2) is 24.3 Å². The van der Waals surface area contributed by atoms with Crippen LogP contribution in [0.4, 0.5) is 8.78 Å². The zero-order valence-electron chi connectivity index (χ0n) is 9.17. The third-order valence-corrected chi connectivity index (χ3v) is 2.00. The number of halogens is 2. The highest BCUT2D eigenvalue weighted by Crippen LogP contribution is 2.10. The topological polar surface area (TPSA) is 21.3 Å². The van der Waals surface area contributed by atoms with Crippen LogP contribution < -0.4 is 5.32 Å². The Bertz CT molecular complexity index is 353. The highest BCUT2D eigenvalue weighted by atomic mass is 19.1. The summed E-state index contributed by atoms with van der Waals surface area (Å²) in [5.41, 5.74) is 0.258. The van der Waals surface area contributed by atoms with E-state index in [1.54, 1.807) is 19.3 Å². The first kappa shape index (κ1) is 12.8. The summed E-state index contributed by atoms with van der Waals surface area (Å²) < 4.78 is 30.8. The Hall–Kier alpha value is -1.26. The quantitative estimate of drug-likeness (QED) is 0.752. The van der Waals surface area contributed by atoms with Crippen LogP contribution >= 0.6 is 0 Å². The molecule has 0 saturated heterocycles. The van der Waals surface area contributed by atoms with Crippen molar-refractivity contribution in [1.82, 2.24) is 5.32 Å². The number of nitrogens with one attached hydrogen (secondary N) is 1. The van der Waals surface area contributed by atoms with Gasteiger partial charge in [0.1, 0.15) is 11.6 Å². The van der Waals surface area contributed by atoms with Gasteiger partial charge in [0, 0.05) is 25.8 Å². The maximum absolute atomic E-state index is 13.1. The van der Waals surface area contributed by atoms with E-state index in [0.717, 1.165) is 18.7 Å². The molecule has 0 aliphatic heterocycles. The molecule has 0 unspecified atom stereocenters. The molecule has 0 radical (unpaired) electrons. The third-order valence-electron chi connectivity index (χ3n) is 2.00. The predicted octanol–water partition coefficient (Wildman–Crippen LogP) is 2.21. The molecule has 0 heterocycles. The van der Waals surface area contributed by atoms with Gasteiger partial charge in [0.05, 0.1) is 6.61 Å². The number of rotatable bonds is 6. The SMILES string of the molecule is COCCNCC=Cc1cc(F)ccc1F. The lowest BCUT2D eigenvalue weighted by Gasteiger charge is -2.00. The molecule has 4 heteroatoms. The predicted molar refractivity (Wildman–Crippen MR) is 60.1 cm³/mol. The van der Waals surface area contributed by atoms with Crippen molar-refractivity contribution in [3.63, 3.8) is 0 Å². The van der Waals surface area contributed by atoms with Crippen LogP contribution in [0, 0.1) is 11.6 Å². The van der Waals surface area contributed by atoms with Crippen LogP contribution in [-0.4, -0.2) is 26.8 Å². The molecule has 0 aliphatic rings. The summed E-state index contributed by atoms with van der Waals surface area (Å²) in [6.45, 7) is 1.95. The molecule has 0 saturated carbocycles. The van der Waals surface area contributed by atoms with Crippen molar-refractivity contribution in [3.8, 4) is 0 Å². The summed E-state index contributed by atoms with van der Waals surface area (Å²) in [4.78, 5) is 0. The first-order chi connectivity index (χ1) is 7.74. The molecule has 1 aromatic carbocycles. The molecule has 0 fully saturated rings. The Labute approximate surface area is 93.9 Å². The van der Waals surface area contributed by atoms with Crippen molar-refractivity contribution in [1.29, 1.82) is 0 Å². The molecular formula is C12H15F2NO. The second kappa shape index (κ2) is 7.09. The maximum atomic E-state index is 13.1. The molecule has 0 bridgehead atoms. The minimum absolute atomic E-state index is 0.258. The van der Waals surface area contributed by atoms with Crippen LogP contribution in [0.5, 0.6) is 0 Å². The second-order valence-corrected chi connectivity index (χ2v) is 3.27. The fraction of sp³-hybridized carbons (Fsp3) is 0.333. The van der Waals surface area contributed by atoms with Gasteiger partial charge in [0.15, 0.2) is 0 Å². The number of benzene rings is 1. The van der Waals surface area contributed by atoms with Crippen LogP contribution in [0.2, 0.25) is 0 Å². The van der Waals surface area contributed by atoms with Gasteiger partial charge in [-0.15, -0.1) is 0 Å². The smallest absolute Gasteiger partial charge is 0.130 e. The minimum atomic E-state index is -0.437. The van der Waals surface area contributed by atoms with E-state index in [9.17, 15) is 8.78 Å². The van der Waals surface area contributed by atoms with E-state index < -0.39 is 11.6 Å². The minimum Gasteiger partial charge on any atom is -0.383 e. The van der Waals surface area contributed by atoms with Crippen molar-refractivity contribution in [3.05, 3.63) is 41.5 Å². The summed E-state index contributed by atoms with van der Waals surface area (Å²) in [5, 5.41) is 3.06. The van der Waals surface area contributed by atoms with Crippen LogP contribution in [0.25, 0.3) is 6.08 Å². The second-order valence-electron chi connectivity index (χ2n) is 3.27. The zero-order valence-corrected chi connectivity index (χ0v) is 9.17. The first-order valence-corrected chi connectivity index (χ1v) is 5.05. The molecule has 88 valence electrons. The Kier molecular flexibility index (Phi) is 5.67. The summed E-state index contributed by atoms with van der Waals surface area (Å²) in [6.07, 6.45) is 3.30. The lowest BCUT2D eigenvalue weighted by atomic mass is 10.2. The van der Waals surface area contributed by atoms with Gasteiger partial charge in [0.2, 0.25) is 0 Å². The maximum Gasteiger partial charge on any atom is 0.130 e. The van der Waals surface area contributed by atoms with E-state index in [1.165, 1.54) is 6.07 Å². The fourth-order valence-corrected chi connectivity index (χ4v) is 1.19. The number of hydrogen-bond acceptors (Lipinski definition) is 2. The molecule has 0 aliphatic carbocycles. The molecule has 1 rings (SSSR count). The number of ether oxygens (including phenoxy) is 1. The molecule has 0 amide bonds. The summed E-state index contributed by atoms with van der Waals surface area (Å²) >= 11 is 0. The Morgan fingerprint density at radius 1 is 1.38 bits per heavy atom. The van der Waals surface area contributed by atoms with E-state index in [-0.39, 0.29) is 5.56 Å². The lowest BCUT2D eigenvalue weighted by Crippen LogP contribution is -2.18. The normalized spacial score (nSPS) is 11.2. The molecule has 2 nitrogen and oxygen atoms in total. The molecule has 0 spiro atoms. The van der Waals surface area contributed by atoms with E-state index in [0.29, 0.717) is 13.2 Å². The van der Waals surface area contributed by atoms with Crippen molar-refractivity contribution in [2.45, 2.75) is 0 Å².